The Kier molecular flexibility index (Phi) is 6.12. The predicted molar refractivity (Wildman–Crippen MR) is 65.3 cm³/mol. The second kappa shape index (κ2) is 7.38. The molecule has 3 N–H and O–H groups in total. The zero-order valence-corrected chi connectivity index (χ0v) is 12.9. The molecule has 1 fully saturated rings. The molecule has 1 heterocycles. The molecule has 1 aliphatic rings. The maximum atomic E-state index is 10.8. The molecule has 0 unspecified atom stereocenters. The Balaban J connectivity index is 2.83. The Labute approximate surface area is 113 Å². The Bertz CT molecular complexity index is 345. The number of amidine groups is 1. The average Bonchev–Trinajstić information content (AvgIpc) is 2.35. The van der Waals surface area contributed by atoms with Crippen LogP contribution >= 0.6 is 0 Å². The van der Waals surface area contributed by atoms with Crippen molar-refractivity contribution in [2.24, 2.45) is 10.7 Å². The first-order valence-electron chi connectivity index (χ1n) is 5.65. The van der Waals surface area contributed by atoms with Crippen LogP contribution in [0.3, 0.4) is 0 Å². The summed E-state index contributed by atoms with van der Waals surface area (Å²) in [6.07, 6.45) is 5.01. The van der Waals surface area contributed by atoms with E-state index in [2.05, 4.69) is 15.2 Å². The summed E-state index contributed by atoms with van der Waals surface area (Å²) in [4.78, 5) is 17.5. The normalized spacial score (nSPS) is 17.8. The summed E-state index contributed by atoms with van der Waals surface area (Å²) in [5.74, 6) is 0.955. The van der Waals surface area contributed by atoms with Crippen molar-refractivity contribution in [3.8, 4) is 0 Å². The zero-order chi connectivity index (χ0) is 12.7. The fraction of sp³-hybridized carbons (Fsp3) is 0.545. The van der Waals surface area contributed by atoms with E-state index in [0.717, 1.165) is 18.9 Å². The Morgan fingerprint density at radius 3 is 2.53 bits per heavy atom. The summed E-state index contributed by atoms with van der Waals surface area (Å²) in [5.41, 5.74) is 5.12. The van der Waals surface area contributed by atoms with Gasteiger partial charge in [-0.1, -0.05) is 0 Å². The minimum absolute atomic E-state index is 0.487. The van der Waals surface area contributed by atoms with Gasteiger partial charge in [0, 0.05) is 0 Å². The van der Waals surface area contributed by atoms with Crippen LogP contribution in [0.4, 0.5) is 0 Å². The molecule has 0 aromatic carbocycles. The summed E-state index contributed by atoms with van der Waals surface area (Å²) < 4.78 is 2.04. The van der Waals surface area contributed by atoms with Crippen LogP contribution < -0.4 is 11.1 Å². The van der Waals surface area contributed by atoms with Crippen molar-refractivity contribution >= 4 is 16.1 Å². The van der Waals surface area contributed by atoms with Gasteiger partial charge in [0.2, 0.25) is 0 Å². The van der Waals surface area contributed by atoms with E-state index < -0.39 is 5.91 Å². The van der Waals surface area contributed by atoms with Crippen molar-refractivity contribution in [2.45, 2.75) is 19.3 Å². The van der Waals surface area contributed by atoms with E-state index in [1.165, 1.54) is 44.7 Å². The number of aliphatic imine (C=N–C) groups is 1. The number of carbonyl (C=O) groups is 1. The molecule has 1 aliphatic heterocycles. The monoisotopic (exact) mass is 406 g/mol. The molecule has 5 nitrogen and oxygen atoms in total. The van der Waals surface area contributed by atoms with Crippen LogP contribution in [0.5, 0.6) is 0 Å². The van der Waals surface area contributed by atoms with Crippen LogP contribution in [-0.2, 0) is 24.1 Å². The standard InChI is InChI=1S/C11H18N4O.W/c1-9(15-6-4-3-5-7-15)14-11(13-2)8-10(12)16;/h1,8,13H,3-7H2,2H3,(H2,12,16);/b11-8?,14-9+;. The Hall–Kier alpha value is -0.962. The van der Waals surface area contributed by atoms with Gasteiger partial charge in [-0.3, -0.25) is 0 Å². The number of piperidine rings is 1. The molecule has 0 aromatic rings. The van der Waals surface area contributed by atoms with Gasteiger partial charge < -0.3 is 0 Å². The van der Waals surface area contributed by atoms with E-state index in [9.17, 15) is 4.79 Å². The van der Waals surface area contributed by atoms with Crippen LogP contribution in [0.25, 0.3) is 0 Å². The molecule has 0 saturated carbocycles. The molecule has 17 heavy (non-hydrogen) atoms. The molecule has 0 aliphatic carbocycles. The third kappa shape index (κ3) is 4.82. The number of rotatable bonds is 4. The number of hydrogen-bond donors (Lipinski definition) is 2. The molecule has 1 saturated heterocycles. The quantitative estimate of drug-likeness (QED) is 0.385. The minimum atomic E-state index is -0.487. The van der Waals surface area contributed by atoms with Gasteiger partial charge in [0.05, 0.1) is 0 Å². The van der Waals surface area contributed by atoms with Crippen molar-refractivity contribution in [3.05, 3.63) is 11.9 Å². The number of hydrogen-bond acceptors (Lipinski definition) is 3. The van der Waals surface area contributed by atoms with Crippen molar-refractivity contribution in [2.75, 3.05) is 20.1 Å². The van der Waals surface area contributed by atoms with Crippen molar-refractivity contribution in [1.29, 1.82) is 0 Å². The first-order chi connectivity index (χ1) is 8.17. The number of amides is 1. The summed E-state index contributed by atoms with van der Waals surface area (Å²) in [6.45, 7) is 2.08. The van der Waals surface area contributed by atoms with E-state index in [4.69, 9.17) is 5.73 Å². The van der Waals surface area contributed by atoms with Gasteiger partial charge in [0.25, 0.3) is 0 Å². The van der Waals surface area contributed by atoms with Gasteiger partial charge >= 0.3 is 113 Å². The van der Waals surface area contributed by atoms with Crippen LogP contribution in [0.2, 0.25) is 0 Å². The number of carbonyl (C=O) groups excluding carboxylic acids is 1. The molecule has 94 valence electrons. The number of nitrogens with zero attached hydrogens (tertiary/aromatic N) is 2. The van der Waals surface area contributed by atoms with Gasteiger partial charge in [-0.25, -0.2) is 0 Å². The van der Waals surface area contributed by atoms with Crippen LogP contribution in [-0.4, -0.2) is 41.2 Å². The topological polar surface area (TPSA) is 70.7 Å². The SMILES string of the molecule is CNC(=CC(N)=O)/N=C(\[CH]=[W])N1CCCCC1. The summed E-state index contributed by atoms with van der Waals surface area (Å²) in [5, 5.41) is 2.87. The number of nitrogens with one attached hydrogen (secondary N) is 1. The van der Waals surface area contributed by atoms with Crippen molar-refractivity contribution < 1.29 is 24.1 Å². The van der Waals surface area contributed by atoms with E-state index in [0.29, 0.717) is 5.82 Å². The van der Waals surface area contributed by atoms with Gasteiger partial charge in [0.1, 0.15) is 0 Å². The molecule has 0 aromatic heterocycles. The van der Waals surface area contributed by atoms with Gasteiger partial charge in [-0.05, 0) is 0 Å². The molecule has 1 amide bonds. The molecule has 1 rings (SSSR count). The molecule has 6 heteroatoms. The van der Waals surface area contributed by atoms with Crippen LogP contribution in [0.1, 0.15) is 19.3 Å². The van der Waals surface area contributed by atoms with Gasteiger partial charge in [-0.15, -0.1) is 0 Å². The van der Waals surface area contributed by atoms with E-state index in [-0.39, 0.29) is 0 Å². The fourth-order valence-electron chi connectivity index (χ4n) is 1.71. The van der Waals surface area contributed by atoms with E-state index in [1.54, 1.807) is 7.05 Å². The van der Waals surface area contributed by atoms with E-state index in [1.807, 2.05) is 4.40 Å². The van der Waals surface area contributed by atoms with Crippen LogP contribution in [0, 0.1) is 0 Å². The predicted octanol–water partition coefficient (Wildman–Crippen LogP) is -0.234. The van der Waals surface area contributed by atoms with Gasteiger partial charge in [0.15, 0.2) is 0 Å². The Morgan fingerprint density at radius 1 is 1.41 bits per heavy atom. The second-order valence-corrected chi connectivity index (χ2v) is 4.66. The number of likely N-dealkylation sites (tertiary alicyclic amines) is 1. The number of primary amides is 1. The van der Waals surface area contributed by atoms with Crippen LogP contribution in [0.15, 0.2) is 16.9 Å². The Morgan fingerprint density at radius 2 is 2.06 bits per heavy atom. The molecular formula is C11H18N4OW. The second-order valence-electron chi connectivity index (χ2n) is 3.82. The molecule has 0 radical (unpaired) electrons. The molecule has 0 atom stereocenters. The van der Waals surface area contributed by atoms with Crippen molar-refractivity contribution in [3.63, 3.8) is 0 Å². The summed E-state index contributed by atoms with van der Waals surface area (Å²) in [6, 6.07) is 0. The first kappa shape index (κ1) is 14.1. The molecule has 0 spiro atoms. The van der Waals surface area contributed by atoms with Gasteiger partial charge in [-0.2, -0.15) is 0 Å². The molecule has 0 bridgehead atoms. The third-order valence-electron chi connectivity index (χ3n) is 2.56. The summed E-state index contributed by atoms with van der Waals surface area (Å²) in [7, 11) is 1.73. The average molecular weight is 406 g/mol. The number of nitrogens with two attached hydrogens (primary N) is 1. The zero-order valence-electron chi connectivity index (χ0n) is 9.98. The molecular weight excluding hydrogens is 388 g/mol. The fourth-order valence-corrected chi connectivity index (χ4v) is 2.44. The van der Waals surface area contributed by atoms with E-state index >= 15 is 0 Å². The first-order valence-corrected chi connectivity index (χ1v) is 7.34. The maximum absolute atomic E-state index is 10.8. The third-order valence-corrected chi connectivity index (χ3v) is 3.31. The summed E-state index contributed by atoms with van der Waals surface area (Å²) >= 11 is 1.35. The van der Waals surface area contributed by atoms with Crippen molar-refractivity contribution in [1.82, 2.24) is 10.2 Å².